The molecular weight excluding hydrogens is 945 g/mol. The maximum absolute atomic E-state index is 16.2. The molecule has 9 rings (SSSR count). The fraction of sp³-hybridized carbons (Fsp3) is 0.390. The lowest BCUT2D eigenvalue weighted by molar-refractivity contribution is -0.134. The summed E-state index contributed by atoms with van der Waals surface area (Å²) in [6, 6.07) is 5.08. The third kappa shape index (κ3) is 8.01. The van der Waals surface area contributed by atoms with Gasteiger partial charge in [0.15, 0.2) is 5.82 Å². The molecule has 4 atom stereocenters. The van der Waals surface area contributed by atoms with E-state index >= 15 is 13.6 Å². The van der Waals surface area contributed by atoms with E-state index in [1.165, 1.54) is 0 Å². The van der Waals surface area contributed by atoms with Gasteiger partial charge in [0, 0.05) is 24.0 Å². The van der Waals surface area contributed by atoms with E-state index < -0.39 is 153 Å². The quantitative estimate of drug-likeness (QED) is 0.0974. The van der Waals surface area contributed by atoms with Crippen LogP contribution in [0.25, 0.3) is 27.5 Å². The normalized spacial score (nSPS) is 18.9. The van der Waals surface area contributed by atoms with Crippen LogP contribution in [-0.2, 0) is 40.1 Å². The summed E-state index contributed by atoms with van der Waals surface area (Å²) in [6.45, 7) is -1.27. The number of aromatic nitrogens is 6. The Bertz CT molecular complexity index is 3130. The molecule has 25 heteroatoms. The number of sulfonamides is 1. The van der Waals surface area contributed by atoms with E-state index in [9.17, 15) is 52.7 Å². The predicted molar refractivity (Wildman–Crippen MR) is 215 cm³/mol. The lowest BCUT2D eigenvalue weighted by atomic mass is 9.89. The Morgan fingerprint density at radius 1 is 0.985 bits per heavy atom. The summed E-state index contributed by atoms with van der Waals surface area (Å²) >= 11 is 6.61. The highest BCUT2D eigenvalue weighted by Gasteiger charge is 2.68. The molecule has 66 heavy (non-hydrogen) atoms. The number of halogens is 12. The minimum absolute atomic E-state index is 0.0348. The van der Waals surface area contributed by atoms with Crippen molar-refractivity contribution in [3.8, 4) is 5.69 Å². The Hall–Kier alpha value is -5.78. The summed E-state index contributed by atoms with van der Waals surface area (Å²) in [5, 5.41) is 5.99. The highest BCUT2D eigenvalue weighted by Crippen LogP contribution is 2.68. The first kappa shape index (κ1) is 45.4. The third-order valence-electron chi connectivity index (χ3n) is 12.0. The summed E-state index contributed by atoms with van der Waals surface area (Å²) in [5.74, 6) is -13.8. The molecular formula is C41H32ClF11N8O4S. The number of amides is 1. The smallest absolute Gasteiger partial charge is 0.368 e. The number of alkyl halides is 9. The van der Waals surface area contributed by atoms with Crippen LogP contribution in [-0.4, -0.2) is 61.3 Å². The number of carbonyl (C=O) groups excluding carboxylic acids is 1. The molecule has 3 aliphatic rings. The maximum atomic E-state index is 16.2. The van der Waals surface area contributed by atoms with Crippen LogP contribution in [0.1, 0.15) is 83.9 Å². The van der Waals surface area contributed by atoms with Crippen molar-refractivity contribution in [3.05, 3.63) is 109 Å². The average molecular weight is 977 g/mol. The second-order valence-corrected chi connectivity index (χ2v) is 18.9. The van der Waals surface area contributed by atoms with E-state index in [-0.39, 0.29) is 56.4 Å². The number of nitrogens with two attached hydrogens (primary N) is 1. The summed E-state index contributed by atoms with van der Waals surface area (Å²) < 4.78 is 191. The van der Waals surface area contributed by atoms with Crippen LogP contribution in [0.4, 0.5) is 54.1 Å². The SMILES string of the molecule is NC(=O)C([C@H](Cc1cc(F)cc(F)c1)c1nc2cc(CCC(F)(F)F)ccc2c(=O)n1-c1ccc(Cl)c2c(NS(=O)(=O)C3CC3)nn(CC(F)F)c12)n1nc(C(F)F)c2c1C(F)(F)[C@@H]1C[C@H]21. The highest BCUT2D eigenvalue weighted by atomic mass is 35.5. The molecule has 2 fully saturated rings. The fourth-order valence-corrected chi connectivity index (χ4v) is 10.6. The topological polar surface area (TPSA) is 160 Å². The Balaban J connectivity index is 1.38. The minimum atomic E-state index is -4.65. The van der Waals surface area contributed by atoms with Gasteiger partial charge in [-0.05, 0) is 85.5 Å². The number of carbonyl (C=O) groups is 1. The number of nitrogens with zero attached hydrogens (tertiary/aromatic N) is 6. The van der Waals surface area contributed by atoms with Crippen LogP contribution < -0.4 is 16.0 Å². The van der Waals surface area contributed by atoms with Crippen LogP contribution >= 0.6 is 11.6 Å². The van der Waals surface area contributed by atoms with Gasteiger partial charge >= 0.3 is 6.18 Å². The van der Waals surface area contributed by atoms with Crippen LogP contribution in [0.15, 0.2) is 53.3 Å². The fourth-order valence-electron chi connectivity index (χ4n) is 8.98. The number of nitrogens with one attached hydrogen (secondary N) is 1. The summed E-state index contributed by atoms with van der Waals surface area (Å²) in [6.07, 6.45) is -13.9. The van der Waals surface area contributed by atoms with Gasteiger partial charge in [0.2, 0.25) is 15.9 Å². The molecule has 12 nitrogen and oxygen atoms in total. The van der Waals surface area contributed by atoms with Crippen LogP contribution in [0.2, 0.25) is 5.02 Å². The van der Waals surface area contributed by atoms with Gasteiger partial charge < -0.3 is 5.73 Å². The van der Waals surface area contributed by atoms with E-state index in [0.29, 0.717) is 15.3 Å². The number of hydrogen-bond donors (Lipinski definition) is 2. The van der Waals surface area contributed by atoms with Crippen molar-refractivity contribution >= 4 is 55.2 Å². The van der Waals surface area contributed by atoms with E-state index in [0.717, 1.165) is 42.5 Å². The van der Waals surface area contributed by atoms with Gasteiger partial charge in [0.25, 0.3) is 24.3 Å². The zero-order valence-electron chi connectivity index (χ0n) is 33.4. The number of hydrogen-bond acceptors (Lipinski definition) is 7. The minimum Gasteiger partial charge on any atom is -0.368 e. The molecule has 3 aromatic heterocycles. The molecule has 6 aromatic rings. The first-order chi connectivity index (χ1) is 30.9. The third-order valence-corrected chi connectivity index (χ3v) is 14.1. The first-order valence-electron chi connectivity index (χ1n) is 20.1. The first-order valence-corrected chi connectivity index (χ1v) is 22.0. The van der Waals surface area contributed by atoms with Crippen molar-refractivity contribution in [2.75, 3.05) is 4.72 Å². The number of fused-ring (bicyclic) bond motifs is 5. The molecule has 0 radical (unpaired) electrons. The van der Waals surface area contributed by atoms with E-state index in [4.69, 9.17) is 17.3 Å². The molecule has 1 amide bonds. The van der Waals surface area contributed by atoms with E-state index in [1.807, 2.05) is 0 Å². The van der Waals surface area contributed by atoms with E-state index in [1.54, 1.807) is 0 Å². The highest BCUT2D eigenvalue weighted by molar-refractivity contribution is 7.93. The number of aryl methyl sites for hydroxylation is 1. The van der Waals surface area contributed by atoms with Crippen LogP contribution in [0.5, 0.6) is 0 Å². The zero-order valence-corrected chi connectivity index (χ0v) is 35.0. The number of rotatable bonds is 15. The van der Waals surface area contributed by atoms with Crippen LogP contribution in [0, 0.1) is 17.6 Å². The van der Waals surface area contributed by atoms with Gasteiger partial charge in [0.1, 0.15) is 41.4 Å². The molecule has 0 saturated heterocycles. The second kappa shape index (κ2) is 15.9. The largest absolute Gasteiger partial charge is 0.389 e. The average Bonchev–Trinajstić information content (AvgIpc) is 4.13. The van der Waals surface area contributed by atoms with Crippen molar-refractivity contribution in [1.29, 1.82) is 0 Å². The molecule has 3 aromatic carbocycles. The Labute approximate surface area is 369 Å². The second-order valence-electron chi connectivity index (χ2n) is 16.5. The summed E-state index contributed by atoms with van der Waals surface area (Å²) in [5.41, 5.74) is 0.268. The molecule has 3 heterocycles. The van der Waals surface area contributed by atoms with Gasteiger partial charge in [-0.15, -0.1) is 0 Å². The standard InChI is InChI=1S/C41H32ClF11N8O4S/c42-25-5-6-27(33-30(25)37(57-59(33)15-28(45)46)58-66(64,65)20-2-3-20)60-38(55-26-12-16(7-8-40(49,50)51)1-4-21(26)39(60)63)23(11-17-9-18(43)13-19(44)10-17)32(36(54)62)61-34-29(31(56-61)35(47)48)22-14-24(22)41(34,52)53/h1,4-6,9-10,12-13,20,22-24,28,32,35H,2-3,7-8,11,14-15H2,(H2,54,62)(H,57,58)/t22-,23-,24+,32?/m0/s1. The van der Waals surface area contributed by atoms with Gasteiger partial charge in [-0.25, -0.2) is 44.4 Å². The lowest BCUT2D eigenvalue weighted by Gasteiger charge is -2.30. The molecule has 0 bridgehead atoms. The Morgan fingerprint density at radius 2 is 1.68 bits per heavy atom. The predicted octanol–water partition coefficient (Wildman–Crippen LogP) is 8.73. The molecule has 3 aliphatic carbocycles. The number of benzene rings is 3. The Morgan fingerprint density at radius 3 is 2.30 bits per heavy atom. The Kier molecular flexibility index (Phi) is 11.0. The monoisotopic (exact) mass is 976 g/mol. The van der Waals surface area contributed by atoms with Crippen molar-refractivity contribution in [1.82, 2.24) is 29.1 Å². The molecule has 350 valence electrons. The summed E-state index contributed by atoms with van der Waals surface area (Å²) in [7, 11) is -4.19. The van der Waals surface area contributed by atoms with Crippen molar-refractivity contribution in [2.24, 2.45) is 11.7 Å². The van der Waals surface area contributed by atoms with Crippen molar-refractivity contribution in [3.63, 3.8) is 0 Å². The van der Waals surface area contributed by atoms with Gasteiger partial charge in [-0.1, -0.05) is 17.7 Å². The molecule has 1 unspecified atom stereocenters. The molecule has 3 N–H and O–H groups in total. The van der Waals surface area contributed by atoms with Gasteiger partial charge in [-0.3, -0.25) is 23.6 Å². The maximum Gasteiger partial charge on any atom is 0.389 e. The molecule has 0 spiro atoms. The van der Waals surface area contributed by atoms with Crippen LogP contribution in [0.3, 0.4) is 0 Å². The van der Waals surface area contributed by atoms with Crippen molar-refractivity contribution < 1.29 is 61.5 Å². The molecule has 0 aliphatic heterocycles. The molecule has 2 saturated carbocycles. The number of primary amides is 1. The lowest BCUT2D eigenvalue weighted by Crippen LogP contribution is -2.39. The number of anilines is 1. The van der Waals surface area contributed by atoms with Gasteiger partial charge in [0.05, 0.1) is 43.7 Å². The van der Waals surface area contributed by atoms with Crippen molar-refractivity contribution in [2.45, 2.75) is 93.1 Å². The zero-order chi connectivity index (χ0) is 47.5. The summed E-state index contributed by atoms with van der Waals surface area (Å²) in [4.78, 5) is 33.7. The van der Waals surface area contributed by atoms with E-state index in [2.05, 4.69) is 19.9 Å². The van der Waals surface area contributed by atoms with Gasteiger partial charge in [-0.2, -0.15) is 32.1 Å².